The van der Waals surface area contributed by atoms with Crippen LogP contribution >= 0.6 is 17.0 Å². The fraction of sp³-hybridized carbons (Fsp3) is 0.333. The van der Waals surface area contributed by atoms with Crippen molar-refractivity contribution in [3.8, 4) is 0 Å². The summed E-state index contributed by atoms with van der Waals surface area (Å²) >= 11 is 0. The summed E-state index contributed by atoms with van der Waals surface area (Å²) in [6, 6.07) is 0. The molecule has 0 radical (unpaired) electrons. The summed E-state index contributed by atoms with van der Waals surface area (Å²) in [5, 5.41) is 0. The average molecular weight is 342 g/mol. The Morgan fingerprint density at radius 3 is 2.20 bits per heavy atom. The van der Waals surface area contributed by atoms with Crippen LogP contribution in [0.1, 0.15) is 13.8 Å². The van der Waals surface area contributed by atoms with Crippen LogP contribution in [0, 0.1) is 0 Å². The highest BCUT2D eigenvalue weighted by Crippen LogP contribution is 2.30. The van der Waals surface area contributed by atoms with Crippen LogP contribution in [0.4, 0.5) is 0 Å². The van der Waals surface area contributed by atoms with Crippen molar-refractivity contribution in [3.63, 3.8) is 0 Å². The molecule has 0 aromatic rings. The van der Waals surface area contributed by atoms with Gasteiger partial charge in [-0.25, -0.2) is 4.79 Å². The third kappa shape index (κ3) is 4.58. The highest BCUT2D eigenvalue weighted by molar-refractivity contribution is 8.93. The zero-order valence-corrected chi connectivity index (χ0v) is 13.9. The molecule has 0 saturated carbocycles. The van der Waals surface area contributed by atoms with Gasteiger partial charge in [0.1, 0.15) is 5.76 Å². The maximum absolute atomic E-state index is 11.3. The van der Waals surface area contributed by atoms with Crippen molar-refractivity contribution in [2.24, 2.45) is 0 Å². The van der Waals surface area contributed by atoms with Crippen molar-refractivity contribution in [2.75, 3.05) is 20.6 Å². The molecule has 5 heteroatoms. The van der Waals surface area contributed by atoms with Gasteiger partial charge < -0.3 is 9.64 Å². The Hall–Kier alpha value is -1.46. The van der Waals surface area contributed by atoms with Crippen LogP contribution in [-0.4, -0.2) is 37.3 Å². The SMILES string of the molecule is Br.C=C(C)C(=O)OC1=C2C=CC(=C1)C2=O.CCN(C)C. The van der Waals surface area contributed by atoms with Crippen molar-refractivity contribution in [1.82, 2.24) is 4.90 Å². The number of nitrogens with zero attached hydrogens (tertiary/aromatic N) is 1. The zero-order valence-electron chi connectivity index (χ0n) is 12.2. The molecule has 0 heterocycles. The Balaban J connectivity index is 0.000000526. The Kier molecular flexibility index (Phi) is 7.39. The van der Waals surface area contributed by atoms with Gasteiger partial charge in [-0.05, 0) is 39.7 Å². The summed E-state index contributed by atoms with van der Waals surface area (Å²) in [5.41, 5.74) is 1.34. The van der Waals surface area contributed by atoms with Crippen molar-refractivity contribution >= 4 is 28.7 Å². The highest BCUT2D eigenvalue weighted by atomic mass is 79.9. The smallest absolute Gasteiger partial charge is 0.338 e. The highest BCUT2D eigenvalue weighted by Gasteiger charge is 2.29. The molecule has 0 amide bonds. The molecule has 2 bridgehead atoms. The summed E-state index contributed by atoms with van der Waals surface area (Å²) in [7, 11) is 4.11. The van der Waals surface area contributed by atoms with E-state index < -0.39 is 5.97 Å². The number of Topliss-reactive ketones (excluding diaryl/α,β-unsaturated/α-hetero) is 1. The number of esters is 1. The number of fused-ring (bicyclic) bond motifs is 2. The van der Waals surface area contributed by atoms with E-state index in [1.807, 2.05) is 0 Å². The van der Waals surface area contributed by atoms with Crippen LogP contribution in [0.2, 0.25) is 0 Å². The van der Waals surface area contributed by atoms with Gasteiger partial charge in [0.05, 0.1) is 5.57 Å². The number of ether oxygens (including phenoxy) is 1. The van der Waals surface area contributed by atoms with E-state index in [0.717, 1.165) is 6.54 Å². The van der Waals surface area contributed by atoms with E-state index in [4.69, 9.17) is 4.74 Å². The van der Waals surface area contributed by atoms with Gasteiger partial charge in [0.2, 0.25) is 0 Å². The lowest BCUT2D eigenvalue weighted by molar-refractivity contribution is -0.134. The number of rotatable bonds is 3. The molecular formula is C15H20BrNO3. The first kappa shape index (κ1) is 18.5. The fourth-order valence-corrected chi connectivity index (χ4v) is 1.28. The summed E-state index contributed by atoms with van der Waals surface area (Å²) < 4.78 is 4.97. The first-order valence-corrected chi connectivity index (χ1v) is 6.08. The number of carbonyl (C=O) groups is 2. The van der Waals surface area contributed by atoms with Crippen molar-refractivity contribution in [1.29, 1.82) is 0 Å². The Bertz CT molecular complexity index is 513. The van der Waals surface area contributed by atoms with E-state index in [0.29, 0.717) is 22.5 Å². The largest absolute Gasteiger partial charge is 0.422 e. The standard InChI is InChI=1S/C11H8O3.C4H11N.BrH/c1-6(2)11(13)14-9-5-7-3-4-8(9)10(7)12;1-4-5(2)3;/h3-5H,1H2,2H3;4H2,1-3H3;1H. The van der Waals surface area contributed by atoms with Gasteiger partial charge in [-0.3, -0.25) is 4.79 Å². The molecule has 0 fully saturated rings. The summed E-state index contributed by atoms with van der Waals surface area (Å²) in [6.07, 6.45) is 4.92. The van der Waals surface area contributed by atoms with Gasteiger partial charge in [0.25, 0.3) is 0 Å². The molecule has 0 aliphatic heterocycles. The quantitative estimate of drug-likeness (QED) is 0.584. The van der Waals surface area contributed by atoms with Crippen LogP contribution in [0.15, 0.2) is 47.3 Å². The number of halogens is 1. The summed E-state index contributed by atoms with van der Waals surface area (Å²) in [5.74, 6) is -0.242. The van der Waals surface area contributed by atoms with Crippen LogP contribution in [0.3, 0.4) is 0 Å². The zero-order chi connectivity index (χ0) is 14.6. The maximum Gasteiger partial charge on any atom is 0.338 e. The van der Waals surface area contributed by atoms with Crippen LogP contribution in [-0.2, 0) is 14.3 Å². The van der Waals surface area contributed by atoms with Gasteiger partial charge in [0.15, 0.2) is 5.78 Å². The lowest BCUT2D eigenvalue weighted by atomic mass is 10.2. The first-order valence-electron chi connectivity index (χ1n) is 6.08. The predicted molar refractivity (Wildman–Crippen MR) is 84.7 cm³/mol. The molecular weight excluding hydrogens is 322 g/mol. The van der Waals surface area contributed by atoms with E-state index in [1.165, 1.54) is 0 Å². The molecule has 0 unspecified atom stereocenters. The average Bonchev–Trinajstić information content (AvgIpc) is 2.85. The van der Waals surface area contributed by atoms with Crippen molar-refractivity contribution in [2.45, 2.75) is 13.8 Å². The predicted octanol–water partition coefficient (Wildman–Crippen LogP) is 2.58. The van der Waals surface area contributed by atoms with E-state index in [-0.39, 0.29) is 22.8 Å². The summed E-state index contributed by atoms with van der Waals surface area (Å²) in [4.78, 5) is 24.6. The fourth-order valence-electron chi connectivity index (χ4n) is 1.28. The molecule has 0 saturated heterocycles. The minimum Gasteiger partial charge on any atom is -0.422 e. The lowest BCUT2D eigenvalue weighted by Gasteiger charge is -2.03. The van der Waals surface area contributed by atoms with Gasteiger partial charge in [-0.15, -0.1) is 17.0 Å². The van der Waals surface area contributed by atoms with E-state index in [2.05, 4.69) is 32.5 Å². The van der Waals surface area contributed by atoms with Gasteiger partial charge >= 0.3 is 5.97 Å². The molecule has 0 aromatic heterocycles. The van der Waals surface area contributed by atoms with Crippen LogP contribution < -0.4 is 0 Å². The Morgan fingerprint density at radius 2 is 1.90 bits per heavy atom. The van der Waals surface area contributed by atoms with E-state index >= 15 is 0 Å². The Labute approximate surface area is 130 Å². The maximum atomic E-state index is 11.3. The third-order valence-electron chi connectivity index (χ3n) is 2.67. The van der Waals surface area contributed by atoms with Gasteiger partial charge in [-0.2, -0.15) is 0 Å². The van der Waals surface area contributed by atoms with E-state index in [9.17, 15) is 9.59 Å². The molecule has 2 aliphatic carbocycles. The van der Waals surface area contributed by atoms with Gasteiger partial charge in [-0.1, -0.05) is 19.6 Å². The number of carbonyl (C=O) groups excluding carboxylic acids is 2. The molecule has 2 rings (SSSR count). The number of hydrogen-bond acceptors (Lipinski definition) is 4. The molecule has 0 aromatic carbocycles. The molecule has 110 valence electrons. The second kappa shape index (κ2) is 7.97. The molecule has 2 aliphatic rings. The molecule has 0 atom stereocenters. The number of hydrogen-bond donors (Lipinski definition) is 0. The molecule has 0 N–H and O–H groups in total. The second-order valence-corrected chi connectivity index (χ2v) is 4.61. The Morgan fingerprint density at radius 1 is 1.35 bits per heavy atom. The van der Waals surface area contributed by atoms with Crippen molar-refractivity contribution in [3.05, 3.63) is 47.3 Å². The number of allylic oxidation sites excluding steroid dienone is 5. The normalized spacial score (nSPS) is 14.7. The minimum atomic E-state index is -0.502. The topological polar surface area (TPSA) is 46.6 Å². The minimum absolute atomic E-state index is 0. The van der Waals surface area contributed by atoms with Crippen LogP contribution in [0.25, 0.3) is 0 Å². The molecule has 4 nitrogen and oxygen atoms in total. The molecule has 0 spiro atoms. The monoisotopic (exact) mass is 341 g/mol. The van der Waals surface area contributed by atoms with Gasteiger partial charge in [0, 0.05) is 11.1 Å². The summed E-state index contributed by atoms with van der Waals surface area (Å²) in [6.45, 7) is 8.28. The number of ketones is 1. The second-order valence-electron chi connectivity index (χ2n) is 4.61. The first-order chi connectivity index (χ1) is 8.86. The lowest BCUT2D eigenvalue weighted by Crippen LogP contribution is -2.08. The van der Waals surface area contributed by atoms with Crippen molar-refractivity contribution < 1.29 is 14.3 Å². The molecule has 20 heavy (non-hydrogen) atoms. The van der Waals surface area contributed by atoms with E-state index in [1.54, 1.807) is 25.2 Å². The van der Waals surface area contributed by atoms with Crippen LogP contribution in [0.5, 0.6) is 0 Å². The third-order valence-corrected chi connectivity index (χ3v) is 2.67.